The maximum absolute atomic E-state index is 9.71. The van der Waals surface area contributed by atoms with Crippen LogP contribution in [0.5, 0.6) is 0 Å². The Morgan fingerprint density at radius 1 is 1.33 bits per heavy atom. The van der Waals surface area contributed by atoms with Crippen LogP contribution < -0.4 is 0 Å². The van der Waals surface area contributed by atoms with Gasteiger partial charge in [-0.1, -0.05) is 12.8 Å². The number of hydrogen-bond acceptors (Lipinski definition) is 2. The zero-order chi connectivity index (χ0) is 6.32. The van der Waals surface area contributed by atoms with Crippen LogP contribution in [0.25, 0.3) is 0 Å². The van der Waals surface area contributed by atoms with E-state index in [0.717, 1.165) is 19.4 Å². The molecule has 1 unspecified atom stereocenters. The molecule has 2 fully saturated rings. The summed E-state index contributed by atoms with van der Waals surface area (Å²) in [5.41, 5.74) is -0.417. The minimum Gasteiger partial charge on any atom is -0.387 e. The van der Waals surface area contributed by atoms with E-state index in [-0.39, 0.29) is 6.10 Å². The average Bonchev–Trinajstić information content (AvgIpc) is 2.60. The molecule has 1 aliphatic heterocycles. The van der Waals surface area contributed by atoms with Crippen molar-refractivity contribution in [3.05, 3.63) is 0 Å². The van der Waals surface area contributed by atoms with Crippen molar-refractivity contribution >= 4 is 0 Å². The highest BCUT2D eigenvalue weighted by molar-refractivity contribution is 4.97. The lowest BCUT2D eigenvalue weighted by molar-refractivity contribution is 0.0185. The Labute approximate surface area is 54.8 Å². The molecule has 0 radical (unpaired) electrons. The van der Waals surface area contributed by atoms with Crippen molar-refractivity contribution in [2.24, 2.45) is 0 Å². The van der Waals surface area contributed by atoms with E-state index in [1.807, 2.05) is 0 Å². The predicted octanol–water partition coefficient (Wildman–Crippen LogP) is 0.690. The topological polar surface area (TPSA) is 32.8 Å². The van der Waals surface area contributed by atoms with Gasteiger partial charge in [0.15, 0.2) is 0 Å². The van der Waals surface area contributed by atoms with E-state index in [9.17, 15) is 5.11 Å². The minimum absolute atomic E-state index is 0.194. The van der Waals surface area contributed by atoms with Gasteiger partial charge >= 0.3 is 0 Å². The van der Waals surface area contributed by atoms with Crippen molar-refractivity contribution in [1.82, 2.24) is 0 Å². The molecule has 0 aromatic heterocycles. The number of ether oxygens (including phenoxy) is 1. The van der Waals surface area contributed by atoms with Gasteiger partial charge in [0.2, 0.25) is 0 Å². The van der Waals surface area contributed by atoms with Crippen molar-refractivity contribution in [1.29, 1.82) is 0 Å². The quantitative estimate of drug-likeness (QED) is 0.527. The first kappa shape index (κ1) is 5.69. The lowest BCUT2D eigenvalue weighted by Crippen LogP contribution is -2.31. The molecule has 1 atom stereocenters. The van der Waals surface area contributed by atoms with Gasteiger partial charge in [0.05, 0.1) is 12.2 Å². The van der Waals surface area contributed by atoms with Gasteiger partial charge in [-0.2, -0.15) is 0 Å². The normalized spacial score (nSPS) is 39.0. The monoisotopic (exact) mass is 128 g/mol. The average molecular weight is 128 g/mol. The van der Waals surface area contributed by atoms with E-state index >= 15 is 0 Å². The number of aliphatic hydroxyl groups is 1. The zero-order valence-electron chi connectivity index (χ0n) is 5.47. The standard InChI is InChI=1S/C7H12O2/c8-7(6-5-9-6)3-1-2-4-7/h6,8H,1-5H2. The molecule has 1 saturated heterocycles. The maximum atomic E-state index is 9.71. The molecule has 2 rings (SSSR count). The Kier molecular flexibility index (Phi) is 1.08. The minimum atomic E-state index is -0.417. The molecule has 0 aromatic carbocycles. The van der Waals surface area contributed by atoms with Gasteiger partial charge in [-0.15, -0.1) is 0 Å². The lowest BCUT2D eigenvalue weighted by Gasteiger charge is -2.17. The van der Waals surface area contributed by atoms with E-state index in [4.69, 9.17) is 4.74 Å². The van der Waals surface area contributed by atoms with Crippen LogP contribution in [-0.2, 0) is 4.74 Å². The second-order valence-corrected chi connectivity index (χ2v) is 3.13. The SMILES string of the molecule is OC1(C2CO2)CCCC1. The third kappa shape index (κ3) is 0.864. The predicted molar refractivity (Wildman–Crippen MR) is 33.2 cm³/mol. The second kappa shape index (κ2) is 1.70. The fourth-order valence-corrected chi connectivity index (χ4v) is 1.67. The first-order valence-corrected chi connectivity index (χ1v) is 3.65. The van der Waals surface area contributed by atoms with Crippen molar-refractivity contribution in [2.75, 3.05) is 6.61 Å². The summed E-state index contributed by atoms with van der Waals surface area (Å²) in [6.07, 6.45) is 4.46. The van der Waals surface area contributed by atoms with Crippen molar-refractivity contribution in [3.8, 4) is 0 Å². The van der Waals surface area contributed by atoms with Gasteiger partial charge in [-0.3, -0.25) is 0 Å². The van der Waals surface area contributed by atoms with Crippen molar-refractivity contribution < 1.29 is 9.84 Å². The molecule has 2 heteroatoms. The van der Waals surface area contributed by atoms with Gasteiger partial charge in [-0.25, -0.2) is 0 Å². The highest BCUT2D eigenvalue weighted by atomic mass is 16.6. The largest absolute Gasteiger partial charge is 0.387 e. The molecule has 1 aliphatic carbocycles. The van der Waals surface area contributed by atoms with Gasteiger partial charge in [0, 0.05) is 0 Å². The third-order valence-electron chi connectivity index (χ3n) is 2.40. The number of epoxide rings is 1. The highest BCUT2D eigenvalue weighted by Crippen LogP contribution is 2.38. The van der Waals surface area contributed by atoms with Crippen LogP contribution >= 0.6 is 0 Å². The Bertz CT molecular complexity index is 112. The number of hydrogen-bond donors (Lipinski definition) is 1. The maximum Gasteiger partial charge on any atom is 0.110 e. The second-order valence-electron chi connectivity index (χ2n) is 3.13. The molecule has 52 valence electrons. The van der Waals surface area contributed by atoms with Gasteiger partial charge in [-0.05, 0) is 12.8 Å². The molecule has 2 aliphatic rings. The van der Waals surface area contributed by atoms with Gasteiger partial charge in [0.25, 0.3) is 0 Å². The zero-order valence-corrected chi connectivity index (χ0v) is 5.47. The summed E-state index contributed by atoms with van der Waals surface area (Å²) >= 11 is 0. The molecular formula is C7H12O2. The first-order chi connectivity index (χ1) is 4.31. The third-order valence-corrected chi connectivity index (χ3v) is 2.40. The molecule has 0 spiro atoms. The molecule has 1 saturated carbocycles. The van der Waals surface area contributed by atoms with E-state index in [2.05, 4.69) is 0 Å². The molecule has 1 heterocycles. The number of rotatable bonds is 1. The van der Waals surface area contributed by atoms with E-state index < -0.39 is 5.60 Å². The van der Waals surface area contributed by atoms with Gasteiger partial charge < -0.3 is 9.84 Å². The Morgan fingerprint density at radius 3 is 2.33 bits per heavy atom. The Hall–Kier alpha value is -0.0800. The Balaban J connectivity index is 2.02. The van der Waals surface area contributed by atoms with E-state index in [1.54, 1.807) is 0 Å². The summed E-state index contributed by atoms with van der Waals surface area (Å²) in [6.45, 7) is 0.788. The highest BCUT2D eigenvalue weighted by Gasteiger charge is 2.46. The molecular weight excluding hydrogens is 116 g/mol. The lowest BCUT2D eigenvalue weighted by atomic mass is 9.99. The summed E-state index contributed by atoms with van der Waals surface area (Å²) in [5.74, 6) is 0. The van der Waals surface area contributed by atoms with Crippen LogP contribution in [-0.4, -0.2) is 23.4 Å². The van der Waals surface area contributed by atoms with Gasteiger partial charge in [0.1, 0.15) is 6.10 Å². The molecule has 1 N–H and O–H groups in total. The van der Waals surface area contributed by atoms with Crippen LogP contribution in [0.4, 0.5) is 0 Å². The molecule has 0 bridgehead atoms. The smallest absolute Gasteiger partial charge is 0.110 e. The summed E-state index contributed by atoms with van der Waals surface area (Å²) in [7, 11) is 0. The van der Waals surface area contributed by atoms with E-state index in [1.165, 1.54) is 12.8 Å². The van der Waals surface area contributed by atoms with Crippen LogP contribution in [0, 0.1) is 0 Å². The summed E-state index contributed by atoms with van der Waals surface area (Å²) < 4.78 is 5.05. The van der Waals surface area contributed by atoms with Crippen LogP contribution in [0.2, 0.25) is 0 Å². The summed E-state index contributed by atoms with van der Waals surface area (Å²) in [5, 5.41) is 9.71. The van der Waals surface area contributed by atoms with Crippen LogP contribution in [0.1, 0.15) is 25.7 Å². The molecule has 9 heavy (non-hydrogen) atoms. The molecule has 0 amide bonds. The van der Waals surface area contributed by atoms with Crippen LogP contribution in [0.3, 0.4) is 0 Å². The van der Waals surface area contributed by atoms with Crippen LogP contribution in [0.15, 0.2) is 0 Å². The van der Waals surface area contributed by atoms with Crippen molar-refractivity contribution in [3.63, 3.8) is 0 Å². The Morgan fingerprint density at radius 2 is 1.89 bits per heavy atom. The van der Waals surface area contributed by atoms with Crippen molar-refractivity contribution in [2.45, 2.75) is 37.4 Å². The summed E-state index contributed by atoms with van der Waals surface area (Å²) in [4.78, 5) is 0. The fourth-order valence-electron chi connectivity index (χ4n) is 1.67. The first-order valence-electron chi connectivity index (χ1n) is 3.65. The summed E-state index contributed by atoms with van der Waals surface area (Å²) in [6, 6.07) is 0. The molecule has 0 aromatic rings. The van der Waals surface area contributed by atoms with E-state index in [0.29, 0.717) is 0 Å². The fraction of sp³-hybridized carbons (Fsp3) is 1.00. The molecule has 2 nitrogen and oxygen atoms in total.